The quantitative estimate of drug-likeness (QED) is 0.396. The van der Waals surface area contributed by atoms with Gasteiger partial charge >= 0.3 is 0 Å². The van der Waals surface area contributed by atoms with Crippen molar-refractivity contribution in [1.29, 1.82) is 0 Å². The maximum Gasteiger partial charge on any atom is 0.223 e. The van der Waals surface area contributed by atoms with Crippen LogP contribution in [0.3, 0.4) is 0 Å². The number of pyridine rings is 1. The molecule has 5 heteroatoms. The van der Waals surface area contributed by atoms with Crippen molar-refractivity contribution in [2.45, 2.75) is 6.29 Å². The zero-order valence-corrected chi connectivity index (χ0v) is 5.48. The molecule has 11 heavy (non-hydrogen) atoms. The third-order valence-corrected chi connectivity index (χ3v) is 1.19. The van der Waals surface area contributed by atoms with E-state index in [-0.39, 0.29) is 5.69 Å². The van der Waals surface area contributed by atoms with E-state index in [4.69, 9.17) is 15.3 Å². The van der Waals surface area contributed by atoms with Crippen LogP contribution in [-0.4, -0.2) is 20.3 Å². The Morgan fingerprint density at radius 1 is 1.45 bits per heavy atom. The zero-order valence-electron chi connectivity index (χ0n) is 5.48. The molecule has 0 saturated heterocycles. The lowest BCUT2D eigenvalue weighted by Gasteiger charge is -2.01. The molecule has 0 bridgehead atoms. The molecule has 5 nitrogen and oxygen atoms in total. The van der Waals surface area contributed by atoms with Crippen molar-refractivity contribution in [3.63, 3.8) is 0 Å². The van der Waals surface area contributed by atoms with Gasteiger partial charge in [0.1, 0.15) is 0 Å². The molecule has 0 amide bonds. The summed E-state index contributed by atoms with van der Waals surface area (Å²) in [5.41, 5.74) is -0.695. The predicted molar refractivity (Wildman–Crippen MR) is 35.9 cm³/mol. The average Bonchev–Trinajstić information content (AvgIpc) is 1.94. The summed E-state index contributed by atoms with van der Waals surface area (Å²) in [5, 5.41) is 25.8. The van der Waals surface area contributed by atoms with Crippen LogP contribution in [0.1, 0.15) is 12.0 Å². The van der Waals surface area contributed by atoms with Gasteiger partial charge in [0, 0.05) is 12.3 Å². The van der Waals surface area contributed by atoms with Crippen molar-refractivity contribution in [1.82, 2.24) is 4.98 Å². The molecule has 1 heterocycles. The van der Waals surface area contributed by atoms with Crippen LogP contribution in [0, 0.1) is 0 Å². The highest BCUT2D eigenvalue weighted by Crippen LogP contribution is 2.04. The first-order chi connectivity index (χ1) is 5.11. The summed E-state index contributed by atoms with van der Waals surface area (Å²) in [5.74, 6) is -0.450. The molecule has 0 saturated carbocycles. The predicted octanol–water partition coefficient (Wildman–Crippen LogP) is -0.936. The lowest BCUT2D eigenvalue weighted by molar-refractivity contribution is -0.0459. The van der Waals surface area contributed by atoms with Crippen molar-refractivity contribution >= 4 is 0 Å². The summed E-state index contributed by atoms with van der Waals surface area (Å²) in [6.07, 6.45) is -0.722. The van der Waals surface area contributed by atoms with Gasteiger partial charge in [0.05, 0.1) is 5.69 Å². The van der Waals surface area contributed by atoms with Crippen molar-refractivity contribution in [3.05, 3.63) is 28.2 Å². The molecule has 0 radical (unpaired) electrons. The SMILES string of the molecule is O=c1cc(C(O)O)[nH]cc1O. The maximum absolute atomic E-state index is 10.7. The highest BCUT2D eigenvalue weighted by atomic mass is 16.5. The van der Waals surface area contributed by atoms with Crippen LogP contribution in [0.25, 0.3) is 0 Å². The second kappa shape index (κ2) is 2.73. The summed E-state index contributed by atoms with van der Waals surface area (Å²) in [6.45, 7) is 0. The summed E-state index contributed by atoms with van der Waals surface area (Å²) in [4.78, 5) is 13.0. The molecule has 0 fully saturated rings. The molecule has 0 atom stereocenters. The maximum atomic E-state index is 10.7. The third-order valence-electron chi connectivity index (χ3n) is 1.19. The molecular formula is C6H7NO4. The van der Waals surface area contributed by atoms with Gasteiger partial charge in [0.2, 0.25) is 5.43 Å². The number of nitrogens with one attached hydrogen (secondary N) is 1. The normalized spacial score (nSPS) is 10.5. The fraction of sp³-hybridized carbons (Fsp3) is 0.167. The fourth-order valence-corrected chi connectivity index (χ4v) is 0.629. The monoisotopic (exact) mass is 157 g/mol. The van der Waals surface area contributed by atoms with Gasteiger partial charge in [-0.05, 0) is 0 Å². The molecule has 0 aliphatic carbocycles. The van der Waals surface area contributed by atoms with Crippen LogP contribution in [-0.2, 0) is 0 Å². The van der Waals surface area contributed by atoms with Gasteiger partial charge < -0.3 is 20.3 Å². The number of aromatic nitrogens is 1. The van der Waals surface area contributed by atoms with Crippen LogP contribution < -0.4 is 5.43 Å². The van der Waals surface area contributed by atoms with Crippen LogP contribution >= 0.6 is 0 Å². The molecule has 0 spiro atoms. The Labute approximate surface area is 61.6 Å². The largest absolute Gasteiger partial charge is 0.503 e. The molecule has 1 aromatic rings. The van der Waals surface area contributed by atoms with E-state index in [0.717, 1.165) is 12.3 Å². The molecule has 1 rings (SSSR count). The van der Waals surface area contributed by atoms with Crippen LogP contribution in [0.4, 0.5) is 0 Å². The average molecular weight is 157 g/mol. The van der Waals surface area contributed by atoms with E-state index in [9.17, 15) is 4.79 Å². The highest BCUT2D eigenvalue weighted by molar-refractivity contribution is 5.18. The van der Waals surface area contributed by atoms with E-state index in [2.05, 4.69) is 4.98 Å². The Hall–Kier alpha value is -1.33. The number of hydrogen-bond donors (Lipinski definition) is 4. The summed E-state index contributed by atoms with van der Waals surface area (Å²) >= 11 is 0. The first kappa shape index (κ1) is 7.77. The van der Waals surface area contributed by atoms with Crippen molar-refractivity contribution < 1.29 is 15.3 Å². The first-order valence-electron chi connectivity index (χ1n) is 2.89. The van der Waals surface area contributed by atoms with Crippen LogP contribution in [0.15, 0.2) is 17.1 Å². The number of aliphatic hydroxyl groups is 2. The number of aliphatic hydroxyl groups excluding tert-OH is 1. The number of hydrogen-bond acceptors (Lipinski definition) is 4. The van der Waals surface area contributed by atoms with E-state index < -0.39 is 17.5 Å². The first-order valence-corrected chi connectivity index (χ1v) is 2.89. The molecule has 0 aromatic carbocycles. The molecular weight excluding hydrogens is 150 g/mol. The highest BCUT2D eigenvalue weighted by Gasteiger charge is 2.04. The minimum absolute atomic E-state index is 0.0483. The lowest BCUT2D eigenvalue weighted by atomic mass is 10.3. The smallest absolute Gasteiger partial charge is 0.223 e. The second-order valence-corrected chi connectivity index (χ2v) is 2.01. The number of rotatable bonds is 1. The van der Waals surface area contributed by atoms with E-state index in [1.54, 1.807) is 0 Å². The lowest BCUT2D eigenvalue weighted by Crippen LogP contribution is -2.06. The minimum Gasteiger partial charge on any atom is -0.503 e. The van der Waals surface area contributed by atoms with Crippen LogP contribution in [0.5, 0.6) is 5.75 Å². The van der Waals surface area contributed by atoms with E-state index >= 15 is 0 Å². The van der Waals surface area contributed by atoms with Crippen LogP contribution in [0.2, 0.25) is 0 Å². The summed E-state index contributed by atoms with van der Waals surface area (Å²) in [6, 6.07) is 0.917. The molecule has 1 aromatic heterocycles. The number of aromatic amines is 1. The van der Waals surface area contributed by atoms with Gasteiger partial charge in [-0.15, -0.1) is 0 Å². The van der Waals surface area contributed by atoms with Gasteiger partial charge in [0.25, 0.3) is 0 Å². The van der Waals surface area contributed by atoms with Gasteiger partial charge in [-0.1, -0.05) is 0 Å². The Balaban J connectivity index is 3.16. The van der Waals surface area contributed by atoms with Gasteiger partial charge in [-0.3, -0.25) is 4.79 Å². The molecule has 60 valence electrons. The molecule has 0 aliphatic rings. The second-order valence-electron chi connectivity index (χ2n) is 2.01. The van der Waals surface area contributed by atoms with E-state index in [1.165, 1.54) is 0 Å². The summed E-state index contributed by atoms with van der Waals surface area (Å²) < 4.78 is 0. The van der Waals surface area contributed by atoms with Crippen molar-refractivity contribution in [2.75, 3.05) is 0 Å². The Kier molecular flexibility index (Phi) is 1.93. The van der Waals surface area contributed by atoms with Crippen molar-refractivity contribution in [3.8, 4) is 5.75 Å². The van der Waals surface area contributed by atoms with Crippen molar-refractivity contribution in [2.24, 2.45) is 0 Å². The Bertz CT molecular complexity index is 304. The topological polar surface area (TPSA) is 93.5 Å². The zero-order chi connectivity index (χ0) is 8.43. The fourth-order valence-electron chi connectivity index (χ4n) is 0.629. The third kappa shape index (κ3) is 1.57. The Morgan fingerprint density at radius 3 is 2.55 bits per heavy atom. The van der Waals surface area contributed by atoms with Gasteiger partial charge in [-0.25, -0.2) is 0 Å². The van der Waals surface area contributed by atoms with Gasteiger partial charge in [-0.2, -0.15) is 0 Å². The summed E-state index contributed by atoms with van der Waals surface area (Å²) in [7, 11) is 0. The van der Waals surface area contributed by atoms with E-state index in [1.807, 2.05) is 0 Å². The molecule has 0 unspecified atom stereocenters. The standard InChI is InChI=1S/C6H7NO4/c8-4-1-3(6(10)11)7-2-5(4)9/h1-2,6,9-11H,(H,7,8). The molecule has 4 N–H and O–H groups in total. The minimum atomic E-state index is -1.72. The van der Waals surface area contributed by atoms with Gasteiger partial charge in [0.15, 0.2) is 12.0 Å². The number of aromatic hydroxyl groups is 1. The molecule has 0 aliphatic heterocycles. The van der Waals surface area contributed by atoms with E-state index in [0.29, 0.717) is 0 Å². The number of H-pyrrole nitrogens is 1. The Morgan fingerprint density at radius 2 is 2.09 bits per heavy atom.